The maximum absolute atomic E-state index is 5.43. The second kappa shape index (κ2) is 68.3. The van der Waals surface area contributed by atoms with E-state index < -0.39 is 0 Å². The predicted molar refractivity (Wildman–Crippen MR) is 470 cm³/mol. The zero-order valence-corrected chi connectivity index (χ0v) is 71.4. The summed E-state index contributed by atoms with van der Waals surface area (Å²) in [5, 5.41) is 7.94. The number of hydrogen-bond donors (Lipinski definition) is 2. The molecule has 105 heavy (non-hydrogen) atoms. The van der Waals surface area contributed by atoms with Gasteiger partial charge in [0.15, 0.2) is 5.82 Å². The average molecular weight is 1450 g/mol. The van der Waals surface area contributed by atoms with Crippen molar-refractivity contribution < 1.29 is 0 Å². The number of rotatable bonds is 77. The van der Waals surface area contributed by atoms with Crippen molar-refractivity contribution in [3.8, 4) is 11.4 Å². The Morgan fingerprint density at radius 1 is 0.210 bits per heavy atom. The molecule has 0 saturated heterocycles. The quantitative estimate of drug-likeness (QED) is 0.0431. The van der Waals surface area contributed by atoms with Gasteiger partial charge in [-0.1, -0.05) is 457 Å². The molecule has 0 spiro atoms. The van der Waals surface area contributed by atoms with Crippen LogP contribution in [0.25, 0.3) is 11.4 Å². The van der Waals surface area contributed by atoms with Crippen molar-refractivity contribution in [3.63, 3.8) is 0 Å². The van der Waals surface area contributed by atoms with E-state index >= 15 is 0 Å². The number of anilines is 4. The van der Waals surface area contributed by atoms with Crippen molar-refractivity contribution in [2.75, 3.05) is 10.6 Å². The van der Waals surface area contributed by atoms with E-state index in [4.69, 9.17) is 15.0 Å². The Labute approximate surface area is 654 Å². The highest BCUT2D eigenvalue weighted by molar-refractivity contribution is 5.66. The Bertz CT molecular complexity index is 2320. The molecule has 5 nitrogen and oxygen atoms in total. The second-order valence-electron chi connectivity index (χ2n) is 33.7. The monoisotopic (exact) mass is 1450 g/mol. The lowest BCUT2D eigenvalue weighted by Gasteiger charge is -2.20. The fourth-order valence-corrected chi connectivity index (χ4v) is 16.7. The molecule has 0 aliphatic rings. The first-order chi connectivity index (χ1) is 51.9. The van der Waals surface area contributed by atoms with Crippen molar-refractivity contribution in [1.29, 1.82) is 0 Å². The summed E-state index contributed by atoms with van der Waals surface area (Å²) >= 11 is 0. The molecule has 0 saturated carbocycles. The number of nitrogens with one attached hydrogen (secondary N) is 2. The van der Waals surface area contributed by atoms with Crippen molar-refractivity contribution in [2.45, 2.75) is 511 Å². The standard InChI is InChI=1S/C100H175N5/c1-8-14-20-26-32-38-44-50-56-62-68-74-90-84-94(85-91(75-69-63-57-51-45-39-33-27-21-15-9-2)96(90)78-72-66-60-54-48-42-36-30-24-18-12-5)101-99-103-98(89-82-80-88(7)81-83-89)104-100(105-99)102-95-86-92(76-70-64-58-52-46-40-34-28-22-16-10-3)97(79-73-67-61-55-49-43-37-31-25-19-13-6)93(87-95)77-71-65-59-53-47-41-35-29-23-17-11-4/h80-87H,8-79H2,1-7H3,(H2,101,102,103,104,105). The van der Waals surface area contributed by atoms with E-state index in [1.165, 1.54) is 442 Å². The van der Waals surface area contributed by atoms with Gasteiger partial charge < -0.3 is 10.6 Å². The molecule has 3 aromatic carbocycles. The summed E-state index contributed by atoms with van der Waals surface area (Å²) in [6.07, 6.45) is 98.1. The molecule has 1 aromatic heterocycles. The molecular weight excluding hydrogens is 1270 g/mol. The van der Waals surface area contributed by atoms with E-state index in [1.54, 1.807) is 33.4 Å². The molecular formula is C100H175N5. The van der Waals surface area contributed by atoms with Gasteiger partial charge in [0, 0.05) is 16.9 Å². The summed E-state index contributed by atoms with van der Waals surface area (Å²) in [7, 11) is 0. The summed E-state index contributed by atoms with van der Waals surface area (Å²) in [6.45, 7) is 16.2. The van der Waals surface area contributed by atoms with Crippen LogP contribution in [0.1, 0.15) is 504 Å². The minimum atomic E-state index is 0.637. The lowest BCUT2D eigenvalue weighted by molar-refractivity contribution is 0.545. The van der Waals surface area contributed by atoms with Gasteiger partial charge in [-0.25, -0.2) is 0 Å². The SMILES string of the molecule is CCCCCCCCCCCCCc1cc(Nc2nc(Nc3cc(CCCCCCCCCCCCC)c(CCCCCCCCCCCCC)c(CCCCCCCCCCCCC)c3)nc(-c3ccc(C)cc3)n2)cc(CCCCCCCCCCCCC)c1CCCCCCCCCCCCC. The van der Waals surface area contributed by atoms with Gasteiger partial charge in [0.25, 0.3) is 0 Å². The molecule has 0 aliphatic carbocycles. The fourth-order valence-electron chi connectivity index (χ4n) is 16.7. The topological polar surface area (TPSA) is 62.7 Å². The molecule has 0 radical (unpaired) electrons. The Balaban J connectivity index is 1.72. The Hall–Kier alpha value is -3.73. The van der Waals surface area contributed by atoms with Crippen LogP contribution in [0, 0.1) is 6.92 Å². The van der Waals surface area contributed by atoms with E-state index in [0.29, 0.717) is 11.9 Å². The maximum Gasteiger partial charge on any atom is 0.232 e. The summed E-state index contributed by atoms with van der Waals surface area (Å²) in [5.41, 5.74) is 14.2. The minimum Gasteiger partial charge on any atom is -0.324 e. The number of aromatic nitrogens is 3. The van der Waals surface area contributed by atoms with Crippen LogP contribution >= 0.6 is 0 Å². The molecule has 0 unspecified atom stereocenters. The summed E-state index contributed by atoms with van der Waals surface area (Å²) in [5.74, 6) is 2.00. The third-order valence-electron chi connectivity index (χ3n) is 23.6. The van der Waals surface area contributed by atoms with Gasteiger partial charge in [0.05, 0.1) is 0 Å². The van der Waals surface area contributed by atoms with Gasteiger partial charge in [-0.2, -0.15) is 15.0 Å². The van der Waals surface area contributed by atoms with Crippen molar-refractivity contribution in [3.05, 3.63) is 87.5 Å². The summed E-state index contributed by atoms with van der Waals surface area (Å²) < 4.78 is 0. The van der Waals surface area contributed by atoms with Crippen LogP contribution in [0.4, 0.5) is 23.3 Å². The predicted octanol–water partition coefficient (Wildman–Crippen LogP) is 34.5. The zero-order chi connectivity index (χ0) is 74.6. The van der Waals surface area contributed by atoms with Crippen LogP contribution in [0.15, 0.2) is 48.5 Å². The largest absolute Gasteiger partial charge is 0.324 e. The number of hydrogen-bond acceptors (Lipinski definition) is 5. The van der Waals surface area contributed by atoms with Gasteiger partial charge in [-0.3, -0.25) is 0 Å². The smallest absolute Gasteiger partial charge is 0.232 e. The lowest BCUT2D eigenvalue weighted by atomic mass is 9.89. The van der Waals surface area contributed by atoms with E-state index in [1.807, 2.05) is 0 Å². The Morgan fingerprint density at radius 3 is 0.590 bits per heavy atom. The Kier molecular flexibility index (Phi) is 60.9. The van der Waals surface area contributed by atoms with E-state index in [0.717, 1.165) is 48.4 Å². The molecule has 4 aromatic rings. The normalized spacial score (nSPS) is 11.6. The van der Waals surface area contributed by atoms with Gasteiger partial charge in [-0.05, 0) is 142 Å². The van der Waals surface area contributed by atoms with Crippen LogP contribution in [-0.4, -0.2) is 15.0 Å². The first kappa shape index (κ1) is 93.6. The van der Waals surface area contributed by atoms with Crippen molar-refractivity contribution in [2.24, 2.45) is 0 Å². The molecule has 0 bridgehead atoms. The molecule has 5 heteroatoms. The third-order valence-corrected chi connectivity index (χ3v) is 23.6. The van der Waals surface area contributed by atoms with Gasteiger partial charge in [0.1, 0.15) is 0 Å². The number of benzene rings is 3. The first-order valence-corrected chi connectivity index (χ1v) is 47.6. The zero-order valence-electron chi connectivity index (χ0n) is 71.4. The number of aryl methyl sites for hydroxylation is 5. The average Bonchev–Trinajstić information content (AvgIpc) is 0.813. The van der Waals surface area contributed by atoms with Gasteiger partial charge >= 0.3 is 0 Å². The fraction of sp³-hybridized carbons (Fsp3) is 0.790. The van der Waals surface area contributed by atoms with E-state index in [9.17, 15) is 0 Å². The Morgan fingerprint density at radius 2 is 0.390 bits per heavy atom. The summed E-state index contributed by atoms with van der Waals surface area (Å²) in [4.78, 5) is 16.2. The van der Waals surface area contributed by atoms with Crippen LogP contribution in [0.5, 0.6) is 0 Å². The van der Waals surface area contributed by atoms with Crippen LogP contribution < -0.4 is 10.6 Å². The maximum atomic E-state index is 5.43. The first-order valence-electron chi connectivity index (χ1n) is 47.6. The van der Waals surface area contributed by atoms with Gasteiger partial charge in [-0.15, -0.1) is 0 Å². The lowest BCUT2D eigenvalue weighted by Crippen LogP contribution is -2.09. The second-order valence-corrected chi connectivity index (χ2v) is 33.7. The molecule has 2 N–H and O–H groups in total. The van der Waals surface area contributed by atoms with Crippen molar-refractivity contribution >= 4 is 23.3 Å². The van der Waals surface area contributed by atoms with Crippen LogP contribution in [0.3, 0.4) is 0 Å². The van der Waals surface area contributed by atoms with Crippen molar-refractivity contribution in [1.82, 2.24) is 15.0 Å². The molecule has 1 heterocycles. The van der Waals surface area contributed by atoms with E-state index in [2.05, 4.69) is 108 Å². The molecule has 0 fully saturated rings. The molecule has 0 aliphatic heterocycles. The molecule has 600 valence electrons. The highest BCUT2D eigenvalue weighted by Gasteiger charge is 2.18. The van der Waals surface area contributed by atoms with Crippen LogP contribution in [0.2, 0.25) is 0 Å². The highest BCUT2D eigenvalue weighted by atomic mass is 15.2. The number of nitrogens with zero attached hydrogens (tertiary/aromatic N) is 3. The van der Waals surface area contributed by atoms with Gasteiger partial charge in [0.2, 0.25) is 11.9 Å². The molecule has 0 amide bonds. The van der Waals surface area contributed by atoms with Crippen LogP contribution in [-0.2, 0) is 38.5 Å². The highest BCUT2D eigenvalue weighted by Crippen LogP contribution is 2.33. The minimum absolute atomic E-state index is 0.637. The van der Waals surface area contributed by atoms with E-state index in [-0.39, 0.29) is 0 Å². The number of unbranched alkanes of at least 4 members (excludes halogenated alkanes) is 60. The molecule has 4 rings (SSSR count). The third kappa shape index (κ3) is 49.2. The molecule has 0 atom stereocenters. The summed E-state index contributed by atoms with van der Waals surface area (Å²) in [6, 6.07) is 19.0.